The lowest BCUT2D eigenvalue weighted by Crippen LogP contribution is -2.39. The molecule has 1 saturated heterocycles. The molecule has 1 heterocycles. The van der Waals surface area contributed by atoms with E-state index in [-0.39, 0.29) is 30.7 Å². The van der Waals surface area contributed by atoms with Gasteiger partial charge in [0.15, 0.2) is 0 Å². The Hall–Kier alpha value is -1.80. The maximum absolute atomic E-state index is 12.4. The van der Waals surface area contributed by atoms with Crippen molar-refractivity contribution in [2.24, 2.45) is 5.92 Å². The highest BCUT2D eigenvalue weighted by Crippen LogP contribution is 2.22. The van der Waals surface area contributed by atoms with E-state index in [0.717, 1.165) is 38.6 Å². The molecule has 0 bridgehead atoms. The smallest absolute Gasteiger partial charge is 0.238 e. The molecule has 0 aromatic heterocycles. The van der Waals surface area contributed by atoms with Crippen molar-refractivity contribution in [1.29, 1.82) is 0 Å². The van der Waals surface area contributed by atoms with Crippen LogP contribution < -0.4 is 10.0 Å². The number of piperidine rings is 1. The lowest BCUT2D eigenvalue weighted by molar-refractivity contribution is -0.117. The van der Waals surface area contributed by atoms with E-state index in [1.807, 2.05) is 6.07 Å². The molecule has 166 valence electrons. The van der Waals surface area contributed by atoms with E-state index < -0.39 is 10.0 Å². The lowest BCUT2D eigenvalue weighted by Gasteiger charge is -2.31. The van der Waals surface area contributed by atoms with Crippen molar-refractivity contribution in [3.8, 4) is 0 Å². The van der Waals surface area contributed by atoms with Gasteiger partial charge in [-0.15, -0.1) is 24.8 Å². The highest BCUT2D eigenvalue weighted by molar-refractivity contribution is 7.92. The topological polar surface area (TPSA) is 78.5 Å². The normalized spacial score (nSPS) is 14.8. The number of carbonyl (C=O) groups excluding carboxylic acids is 1. The number of carbonyl (C=O) groups is 1. The third kappa shape index (κ3) is 8.92. The minimum absolute atomic E-state index is 0. The minimum atomic E-state index is -3.34. The van der Waals surface area contributed by atoms with Gasteiger partial charge in [-0.3, -0.25) is 14.4 Å². The molecule has 2 N–H and O–H groups in total. The summed E-state index contributed by atoms with van der Waals surface area (Å²) in [4.78, 5) is 14.5. The molecular formula is C21H29Cl2N3O3S. The molecular weight excluding hydrogens is 445 g/mol. The van der Waals surface area contributed by atoms with Gasteiger partial charge in [-0.2, -0.15) is 0 Å². The molecule has 3 rings (SSSR count). The van der Waals surface area contributed by atoms with E-state index >= 15 is 0 Å². The summed E-state index contributed by atoms with van der Waals surface area (Å²) in [7, 11) is -3.34. The minimum Gasteiger partial charge on any atom is -0.325 e. The van der Waals surface area contributed by atoms with Crippen molar-refractivity contribution >= 4 is 52.1 Å². The van der Waals surface area contributed by atoms with Crippen LogP contribution in [0.25, 0.3) is 0 Å². The summed E-state index contributed by atoms with van der Waals surface area (Å²) in [5.74, 6) is 0.582. The fourth-order valence-electron chi connectivity index (χ4n) is 3.57. The standard InChI is InChI=1S/C21H27N3O3S.2ClH/c1-28(26,27)23-20-9-5-8-19(15-20)22-21(25)16-24-12-10-18(11-13-24)14-17-6-3-2-4-7-17;;/h2-9,15,18,23H,10-14,16H2,1H3,(H,22,25);2*1H. The number of likely N-dealkylation sites (tertiary alicyclic amines) is 1. The van der Waals surface area contributed by atoms with Gasteiger partial charge in [0, 0.05) is 5.69 Å². The molecule has 1 aliphatic heterocycles. The Morgan fingerprint density at radius 2 is 1.63 bits per heavy atom. The van der Waals surface area contributed by atoms with Crippen molar-refractivity contribution in [3.63, 3.8) is 0 Å². The average Bonchev–Trinajstić information content (AvgIpc) is 2.63. The SMILES string of the molecule is CS(=O)(=O)Nc1cccc(NC(=O)CN2CCC(Cc3ccccc3)CC2)c1.Cl.Cl. The second kappa shape index (κ2) is 12.2. The molecule has 2 aromatic carbocycles. The first-order valence-electron chi connectivity index (χ1n) is 9.51. The molecule has 9 heteroatoms. The molecule has 1 amide bonds. The quantitative estimate of drug-likeness (QED) is 0.640. The van der Waals surface area contributed by atoms with Crippen LogP contribution in [0.5, 0.6) is 0 Å². The van der Waals surface area contributed by atoms with Crippen molar-refractivity contribution in [1.82, 2.24) is 4.90 Å². The first kappa shape index (κ1) is 26.2. The molecule has 0 radical (unpaired) electrons. The Labute approximate surface area is 191 Å². The van der Waals surface area contributed by atoms with Crippen LogP contribution in [0.15, 0.2) is 54.6 Å². The average molecular weight is 474 g/mol. The number of amides is 1. The molecule has 0 spiro atoms. The van der Waals surface area contributed by atoms with Gasteiger partial charge >= 0.3 is 0 Å². The Bertz CT molecular complexity index is 903. The fourth-order valence-corrected chi connectivity index (χ4v) is 4.13. The van der Waals surface area contributed by atoms with Crippen LogP contribution in [0.4, 0.5) is 11.4 Å². The van der Waals surface area contributed by atoms with Crippen LogP contribution in [0.3, 0.4) is 0 Å². The summed E-state index contributed by atoms with van der Waals surface area (Å²) in [6.45, 7) is 2.18. The second-order valence-electron chi connectivity index (χ2n) is 7.41. The summed E-state index contributed by atoms with van der Waals surface area (Å²) in [6, 6.07) is 17.3. The van der Waals surface area contributed by atoms with Crippen LogP contribution in [0, 0.1) is 5.92 Å². The zero-order chi connectivity index (χ0) is 20.0. The predicted octanol–water partition coefficient (Wildman–Crippen LogP) is 3.79. The van der Waals surface area contributed by atoms with E-state index in [9.17, 15) is 13.2 Å². The summed E-state index contributed by atoms with van der Waals surface area (Å²) in [5, 5.41) is 2.85. The van der Waals surface area contributed by atoms with E-state index in [2.05, 4.69) is 39.2 Å². The van der Waals surface area contributed by atoms with Crippen molar-refractivity contribution < 1.29 is 13.2 Å². The number of anilines is 2. The summed E-state index contributed by atoms with van der Waals surface area (Å²) >= 11 is 0. The number of nitrogens with one attached hydrogen (secondary N) is 2. The Morgan fingerprint density at radius 3 is 2.27 bits per heavy atom. The Kier molecular flexibility index (Phi) is 10.6. The number of rotatable bonds is 7. The van der Waals surface area contributed by atoms with Crippen LogP contribution in [0.2, 0.25) is 0 Å². The number of nitrogens with zero attached hydrogens (tertiary/aromatic N) is 1. The van der Waals surface area contributed by atoms with E-state index in [0.29, 0.717) is 23.8 Å². The van der Waals surface area contributed by atoms with Crippen molar-refractivity contribution in [3.05, 3.63) is 60.2 Å². The van der Waals surface area contributed by atoms with Crippen molar-refractivity contribution in [2.45, 2.75) is 19.3 Å². The molecule has 0 unspecified atom stereocenters. The van der Waals surface area contributed by atoms with Gasteiger partial charge in [0.2, 0.25) is 15.9 Å². The highest BCUT2D eigenvalue weighted by atomic mass is 35.5. The van der Waals surface area contributed by atoms with E-state index in [1.54, 1.807) is 24.3 Å². The maximum atomic E-state index is 12.4. The monoisotopic (exact) mass is 473 g/mol. The van der Waals surface area contributed by atoms with Gasteiger partial charge in [-0.05, 0) is 62.0 Å². The zero-order valence-electron chi connectivity index (χ0n) is 16.9. The first-order valence-corrected chi connectivity index (χ1v) is 11.4. The van der Waals surface area contributed by atoms with Crippen LogP contribution >= 0.6 is 24.8 Å². The van der Waals surface area contributed by atoms with Gasteiger partial charge in [0.05, 0.1) is 18.5 Å². The summed E-state index contributed by atoms with van der Waals surface area (Å²) < 4.78 is 25.1. The maximum Gasteiger partial charge on any atom is 0.238 e. The molecule has 0 atom stereocenters. The summed E-state index contributed by atoms with van der Waals surface area (Å²) in [6.07, 6.45) is 4.38. The molecule has 30 heavy (non-hydrogen) atoms. The van der Waals surface area contributed by atoms with Crippen molar-refractivity contribution in [2.75, 3.05) is 35.9 Å². The number of sulfonamides is 1. The molecule has 1 aliphatic rings. The Morgan fingerprint density at radius 1 is 1.00 bits per heavy atom. The molecule has 0 aliphatic carbocycles. The summed E-state index contributed by atoms with van der Waals surface area (Å²) in [5.41, 5.74) is 2.39. The predicted molar refractivity (Wildman–Crippen MR) is 127 cm³/mol. The lowest BCUT2D eigenvalue weighted by atomic mass is 9.90. The van der Waals surface area contributed by atoms with Gasteiger partial charge in [-0.25, -0.2) is 8.42 Å². The number of hydrogen-bond donors (Lipinski definition) is 2. The third-order valence-electron chi connectivity index (χ3n) is 4.89. The van der Waals surface area contributed by atoms with Gasteiger partial charge in [0.25, 0.3) is 0 Å². The van der Waals surface area contributed by atoms with Crippen LogP contribution in [-0.4, -0.2) is 45.1 Å². The van der Waals surface area contributed by atoms with Crippen LogP contribution in [0.1, 0.15) is 18.4 Å². The molecule has 1 fully saturated rings. The molecule has 0 saturated carbocycles. The zero-order valence-corrected chi connectivity index (χ0v) is 19.4. The van der Waals surface area contributed by atoms with Gasteiger partial charge < -0.3 is 5.32 Å². The third-order valence-corrected chi connectivity index (χ3v) is 5.50. The number of benzene rings is 2. The second-order valence-corrected chi connectivity index (χ2v) is 9.16. The van der Waals surface area contributed by atoms with Gasteiger partial charge in [-0.1, -0.05) is 36.4 Å². The largest absolute Gasteiger partial charge is 0.325 e. The first-order chi connectivity index (χ1) is 13.4. The fraction of sp³-hybridized carbons (Fsp3) is 0.381. The Balaban J connectivity index is 0.00000225. The number of hydrogen-bond acceptors (Lipinski definition) is 4. The molecule has 2 aromatic rings. The molecule has 6 nitrogen and oxygen atoms in total. The number of halogens is 2. The van der Waals surface area contributed by atoms with Gasteiger partial charge in [0.1, 0.15) is 0 Å². The van der Waals surface area contributed by atoms with E-state index in [4.69, 9.17) is 0 Å². The highest BCUT2D eigenvalue weighted by Gasteiger charge is 2.21. The van der Waals surface area contributed by atoms with E-state index in [1.165, 1.54) is 5.56 Å². The van der Waals surface area contributed by atoms with Crippen LogP contribution in [-0.2, 0) is 21.2 Å².